The molecule has 25 heteroatoms. The lowest BCUT2D eigenvalue weighted by atomic mass is 9.94. The third kappa shape index (κ3) is 9.11. The first-order chi connectivity index (χ1) is 26.0. The van der Waals surface area contributed by atoms with Gasteiger partial charge in [0.1, 0.15) is 110 Å². The SMILES string of the molecule is CC1O[C@@H](OC2C(O)[C@@H](O)C(CO)O[C@H]2OC2C(N)C(OC3C(O)[C@H](O[C@H]4C(CO)O[C@@H](O)C(O)C4O)OC(CO)[C@@H]3O)OC(CO)[C@@H]2O)C(O)C(O)[C@H]1O. The summed E-state index contributed by atoms with van der Waals surface area (Å²) in [4.78, 5) is 0. The third-order valence-electron chi connectivity index (χ3n) is 10.4. The summed E-state index contributed by atoms with van der Waals surface area (Å²) < 4.78 is 50.3. The van der Waals surface area contributed by atoms with Crippen LogP contribution in [0.5, 0.6) is 0 Å². The monoisotopic (exact) mass is 811 g/mol. The van der Waals surface area contributed by atoms with E-state index in [9.17, 15) is 76.6 Å². The second-order valence-electron chi connectivity index (χ2n) is 14.0. The molecule has 322 valence electrons. The van der Waals surface area contributed by atoms with Crippen LogP contribution in [0.4, 0.5) is 0 Å². The van der Waals surface area contributed by atoms with Gasteiger partial charge in [0.2, 0.25) is 0 Å². The van der Waals surface area contributed by atoms with E-state index >= 15 is 0 Å². The molecule has 0 radical (unpaired) electrons. The van der Waals surface area contributed by atoms with E-state index in [-0.39, 0.29) is 0 Å². The molecule has 0 spiro atoms. The van der Waals surface area contributed by atoms with Crippen LogP contribution in [0.25, 0.3) is 0 Å². The molecule has 0 aromatic carbocycles. The highest BCUT2D eigenvalue weighted by Crippen LogP contribution is 2.35. The Morgan fingerprint density at radius 3 is 1.44 bits per heavy atom. The molecule has 5 aliphatic rings. The van der Waals surface area contributed by atoms with Crippen LogP contribution in [0.1, 0.15) is 6.92 Å². The van der Waals surface area contributed by atoms with E-state index in [1.807, 2.05) is 0 Å². The number of rotatable bonds is 12. The minimum Gasteiger partial charge on any atom is -0.394 e. The van der Waals surface area contributed by atoms with Gasteiger partial charge in [-0.05, 0) is 6.92 Å². The van der Waals surface area contributed by atoms with Crippen molar-refractivity contribution in [3.05, 3.63) is 0 Å². The van der Waals surface area contributed by atoms with Gasteiger partial charge in [-0.3, -0.25) is 0 Å². The van der Waals surface area contributed by atoms with Crippen LogP contribution < -0.4 is 5.73 Å². The van der Waals surface area contributed by atoms with Gasteiger partial charge in [0, 0.05) is 0 Å². The van der Waals surface area contributed by atoms with Crippen LogP contribution in [0, 0.1) is 0 Å². The molecule has 5 aliphatic heterocycles. The Hall–Kier alpha value is -1.00. The van der Waals surface area contributed by atoms with E-state index in [1.165, 1.54) is 6.92 Å². The molecule has 55 heavy (non-hydrogen) atoms. The minimum absolute atomic E-state index is 0.846. The second kappa shape index (κ2) is 18.9. The van der Waals surface area contributed by atoms with E-state index in [0.717, 1.165) is 0 Å². The lowest BCUT2D eigenvalue weighted by Gasteiger charge is -2.50. The Kier molecular flexibility index (Phi) is 15.5. The van der Waals surface area contributed by atoms with Crippen LogP contribution in [0.3, 0.4) is 0 Å². The van der Waals surface area contributed by atoms with Crippen LogP contribution >= 0.6 is 0 Å². The summed E-state index contributed by atoms with van der Waals surface area (Å²) in [6, 6.07) is -1.66. The first-order valence-electron chi connectivity index (χ1n) is 17.6. The van der Waals surface area contributed by atoms with Gasteiger partial charge in [0.25, 0.3) is 0 Å². The third-order valence-corrected chi connectivity index (χ3v) is 10.4. The van der Waals surface area contributed by atoms with Crippen molar-refractivity contribution in [3.63, 3.8) is 0 Å². The summed E-state index contributed by atoms with van der Waals surface area (Å²) in [5.41, 5.74) is 6.42. The molecule has 5 heterocycles. The van der Waals surface area contributed by atoms with Crippen molar-refractivity contribution in [1.29, 1.82) is 0 Å². The highest BCUT2D eigenvalue weighted by molar-refractivity contribution is 4.99. The Bertz CT molecular complexity index is 1200. The van der Waals surface area contributed by atoms with E-state index in [4.69, 9.17) is 48.4 Å². The first kappa shape index (κ1) is 45.1. The average Bonchev–Trinajstić information content (AvgIpc) is 3.17. The lowest BCUT2D eigenvalue weighted by molar-refractivity contribution is -0.389. The molecule has 17 N–H and O–H groups in total. The predicted molar refractivity (Wildman–Crippen MR) is 167 cm³/mol. The number of ether oxygens (including phenoxy) is 9. The first-order valence-corrected chi connectivity index (χ1v) is 17.6. The van der Waals surface area contributed by atoms with Crippen molar-refractivity contribution < 1.29 is 119 Å². The van der Waals surface area contributed by atoms with Gasteiger partial charge in [-0.25, -0.2) is 0 Å². The summed E-state index contributed by atoms with van der Waals surface area (Å²) in [5.74, 6) is 0. The van der Waals surface area contributed by atoms with Crippen LogP contribution in [-0.2, 0) is 42.6 Å². The van der Waals surface area contributed by atoms with Gasteiger partial charge in [-0.15, -0.1) is 0 Å². The molecule has 0 aromatic heterocycles. The summed E-state index contributed by atoms with van der Waals surface area (Å²) in [6.07, 6.45) is -42.1. The topological polar surface area (TPSA) is 413 Å². The minimum atomic E-state index is -2.04. The quantitative estimate of drug-likeness (QED) is 0.0870. The summed E-state index contributed by atoms with van der Waals surface area (Å²) in [5, 5.41) is 156. The van der Waals surface area contributed by atoms with Gasteiger partial charge in [-0.1, -0.05) is 0 Å². The van der Waals surface area contributed by atoms with Gasteiger partial charge in [-0.2, -0.15) is 0 Å². The zero-order valence-electron chi connectivity index (χ0n) is 29.2. The van der Waals surface area contributed by atoms with Gasteiger partial charge in [0.15, 0.2) is 31.5 Å². The van der Waals surface area contributed by atoms with Crippen LogP contribution in [0.2, 0.25) is 0 Å². The van der Waals surface area contributed by atoms with Gasteiger partial charge in [0.05, 0.1) is 38.6 Å². The molecule has 0 amide bonds. The molecule has 0 aliphatic carbocycles. The molecular formula is C30H53NO24. The summed E-state index contributed by atoms with van der Waals surface area (Å²) in [7, 11) is 0. The fourth-order valence-corrected chi connectivity index (χ4v) is 7.00. The lowest BCUT2D eigenvalue weighted by Crippen LogP contribution is -2.69. The molecule has 16 unspecified atom stereocenters. The van der Waals surface area contributed by atoms with Crippen LogP contribution in [-0.4, -0.2) is 256 Å². The largest absolute Gasteiger partial charge is 0.394 e. The molecule has 5 saturated heterocycles. The number of aliphatic hydroxyl groups is 15. The number of hydrogen-bond acceptors (Lipinski definition) is 25. The Labute approximate surface area is 312 Å². The molecule has 5 fully saturated rings. The molecule has 25 atom stereocenters. The van der Waals surface area contributed by atoms with Crippen molar-refractivity contribution >= 4 is 0 Å². The normalized spacial score (nSPS) is 53.9. The fourth-order valence-electron chi connectivity index (χ4n) is 7.00. The summed E-state index contributed by atoms with van der Waals surface area (Å²) >= 11 is 0. The maximum atomic E-state index is 11.3. The zero-order chi connectivity index (χ0) is 40.6. The molecule has 0 bridgehead atoms. The Morgan fingerprint density at radius 1 is 0.382 bits per heavy atom. The number of nitrogens with two attached hydrogens (primary N) is 1. The van der Waals surface area contributed by atoms with E-state index < -0.39 is 180 Å². The van der Waals surface area contributed by atoms with Crippen molar-refractivity contribution in [2.45, 2.75) is 160 Å². The van der Waals surface area contributed by atoms with E-state index in [2.05, 4.69) is 0 Å². The smallest absolute Gasteiger partial charge is 0.187 e. The van der Waals surface area contributed by atoms with E-state index in [1.54, 1.807) is 0 Å². The van der Waals surface area contributed by atoms with Crippen molar-refractivity contribution in [2.24, 2.45) is 5.73 Å². The molecule has 0 saturated carbocycles. The second-order valence-corrected chi connectivity index (χ2v) is 14.0. The average molecular weight is 812 g/mol. The highest BCUT2D eigenvalue weighted by atomic mass is 16.8. The number of hydrogen-bond donors (Lipinski definition) is 16. The summed E-state index contributed by atoms with van der Waals surface area (Å²) in [6.45, 7) is -2.19. The maximum Gasteiger partial charge on any atom is 0.187 e. The van der Waals surface area contributed by atoms with E-state index in [0.29, 0.717) is 0 Å². The van der Waals surface area contributed by atoms with Crippen molar-refractivity contribution in [1.82, 2.24) is 0 Å². The van der Waals surface area contributed by atoms with Crippen LogP contribution in [0.15, 0.2) is 0 Å². The zero-order valence-corrected chi connectivity index (χ0v) is 29.2. The maximum absolute atomic E-state index is 11.3. The standard InChI is InChI=1S/C30H53NO24/c1-6-12(36)16(40)20(44)28(47-6)55-25-17(41)13(37)7(2-32)51-30(25)53-23-11(31)27(49-8(3-33)14(23)38)54-24-15(39)9(4-34)50-29(21(24)45)52-22-10(5-35)48-26(46)19(43)18(22)42/h6-30,32-46H,2-5,31H2,1H3/t6?,7?,8?,9?,10?,11?,12-,13-,14-,15-,16?,17?,18?,19?,20?,21?,22-,23?,24?,25?,26+,27?,28-,29-,30-/m0/s1. The van der Waals surface area contributed by atoms with Gasteiger partial charge < -0.3 is 125 Å². The molecular weight excluding hydrogens is 758 g/mol. The molecule has 5 rings (SSSR count). The Morgan fingerprint density at radius 2 is 0.836 bits per heavy atom. The highest BCUT2D eigenvalue weighted by Gasteiger charge is 2.56. The van der Waals surface area contributed by atoms with Crippen molar-refractivity contribution in [2.75, 3.05) is 26.4 Å². The Balaban J connectivity index is 1.37. The number of aliphatic hydroxyl groups excluding tert-OH is 15. The predicted octanol–water partition coefficient (Wildman–Crippen LogP) is -10.9. The van der Waals surface area contributed by atoms with Gasteiger partial charge >= 0.3 is 0 Å². The molecule has 0 aromatic rings. The van der Waals surface area contributed by atoms with Crippen molar-refractivity contribution in [3.8, 4) is 0 Å². The fraction of sp³-hybridized carbons (Fsp3) is 1.00. The molecule has 25 nitrogen and oxygen atoms in total.